The Balaban J connectivity index is 1.93. The van der Waals surface area contributed by atoms with Crippen molar-refractivity contribution in [3.05, 3.63) is 0 Å². The minimum absolute atomic E-state index is 0.573. The predicted molar refractivity (Wildman–Crippen MR) is 88.1 cm³/mol. The van der Waals surface area contributed by atoms with E-state index < -0.39 is 0 Å². The fourth-order valence-corrected chi connectivity index (χ4v) is 4.05. The fraction of sp³-hybridized carbons (Fsp3) is 1.00. The van der Waals surface area contributed by atoms with E-state index in [9.17, 15) is 0 Å². The molecule has 0 spiro atoms. The van der Waals surface area contributed by atoms with Gasteiger partial charge in [-0.2, -0.15) is 0 Å². The number of hydrogen-bond donors (Lipinski definition) is 1. The molecule has 0 radical (unpaired) electrons. The molecule has 0 bridgehead atoms. The average molecular weight is 280 g/mol. The Morgan fingerprint density at radius 3 is 2.55 bits per heavy atom. The maximum absolute atomic E-state index is 3.69. The molecule has 1 saturated carbocycles. The number of nitrogens with one attached hydrogen (secondary N) is 1. The van der Waals surface area contributed by atoms with Gasteiger partial charge in [0.05, 0.1) is 0 Å². The van der Waals surface area contributed by atoms with Crippen LogP contribution in [0.1, 0.15) is 72.6 Å². The Morgan fingerprint density at radius 1 is 1.10 bits per heavy atom. The van der Waals surface area contributed by atoms with Gasteiger partial charge in [-0.15, -0.1) is 0 Å². The first kappa shape index (κ1) is 16.3. The van der Waals surface area contributed by atoms with Crippen molar-refractivity contribution in [2.24, 2.45) is 11.3 Å². The van der Waals surface area contributed by atoms with E-state index in [1.165, 1.54) is 64.6 Å². The highest BCUT2D eigenvalue weighted by molar-refractivity contribution is 4.85. The minimum atomic E-state index is 0.573. The Kier molecular flexibility index (Phi) is 5.92. The summed E-state index contributed by atoms with van der Waals surface area (Å²) in [5, 5.41) is 3.69. The van der Waals surface area contributed by atoms with Crippen LogP contribution in [0.3, 0.4) is 0 Å². The third kappa shape index (κ3) is 5.04. The van der Waals surface area contributed by atoms with Crippen LogP contribution >= 0.6 is 0 Å². The summed E-state index contributed by atoms with van der Waals surface area (Å²) in [6, 6.07) is 1.59. The Bertz CT molecular complexity index is 279. The largest absolute Gasteiger partial charge is 0.313 e. The van der Waals surface area contributed by atoms with Crippen LogP contribution in [0.5, 0.6) is 0 Å². The first-order valence-corrected chi connectivity index (χ1v) is 8.94. The molecular weight excluding hydrogens is 244 g/mol. The molecule has 2 rings (SSSR count). The predicted octanol–water partition coefficient (Wildman–Crippen LogP) is 4.06. The van der Waals surface area contributed by atoms with E-state index in [2.05, 4.69) is 37.9 Å². The smallest absolute Gasteiger partial charge is 0.0195 e. The lowest BCUT2D eigenvalue weighted by atomic mass is 9.85. The van der Waals surface area contributed by atoms with Crippen molar-refractivity contribution in [3.8, 4) is 0 Å². The molecule has 1 N–H and O–H groups in total. The summed E-state index contributed by atoms with van der Waals surface area (Å²) in [6.45, 7) is 13.5. The van der Waals surface area contributed by atoms with E-state index in [0.29, 0.717) is 5.41 Å². The molecule has 2 fully saturated rings. The van der Waals surface area contributed by atoms with Crippen molar-refractivity contribution in [2.75, 3.05) is 19.6 Å². The van der Waals surface area contributed by atoms with Crippen LogP contribution in [0.15, 0.2) is 0 Å². The van der Waals surface area contributed by atoms with Gasteiger partial charge in [0.1, 0.15) is 0 Å². The molecule has 2 nitrogen and oxygen atoms in total. The normalized spacial score (nSPS) is 30.9. The summed E-state index contributed by atoms with van der Waals surface area (Å²) in [7, 11) is 0. The summed E-state index contributed by atoms with van der Waals surface area (Å²) in [4.78, 5) is 2.83. The van der Waals surface area contributed by atoms with Gasteiger partial charge in [0.15, 0.2) is 0 Å². The second-order valence-corrected chi connectivity index (χ2v) is 8.39. The summed E-state index contributed by atoms with van der Waals surface area (Å²) in [6.07, 6.45) is 9.83. The SMILES string of the molecule is CC(C)CN(CC1CCCN1)C1CCCC(C)(C)CC1. The molecule has 1 aliphatic carbocycles. The highest BCUT2D eigenvalue weighted by Crippen LogP contribution is 2.35. The van der Waals surface area contributed by atoms with Gasteiger partial charge in [-0.1, -0.05) is 34.1 Å². The molecule has 118 valence electrons. The number of hydrogen-bond acceptors (Lipinski definition) is 2. The maximum atomic E-state index is 3.69. The maximum Gasteiger partial charge on any atom is 0.0195 e. The second-order valence-electron chi connectivity index (χ2n) is 8.39. The zero-order chi connectivity index (χ0) is 14.6. The molecule has 0 aromatic heterocycles. The zero-order valence-corrected chi connectivity index (χ0v) is 14.3. The van der Waals surface area contributed by atoms with Crippen LogP contribution in [0, 0.1) is 11.3 Å². The van der Waals surface area contributed by atoms with E-state index in [4.69, 9.17) is 0 Å². The van der Waals surface area contributed by atoms with E-state index in [1.807, 2.05) is 0 Å². The molecule has 1 saturated heterocycles. The minimum Gasteiger partial charge on any atom is -0.313 e. The molecule has 20 heavy (non-hydrogen) atoms. The molecule has 2 atom stereocenters. The van der Waals surface area contributed by atoms with E-state index >= 15 is 0 Å². The van der Waals surface area contributed by atoms with Gasteiger partial charge in [0.25, 0.3) is 0 Å². The highest BCUT2D eigenvalue weighted by atomic mass is 15.2. The Morgan fingerprint density at radius 2 is 1.90 bits per heavy atom. The summed E-state index contributed by atoms with van der Waals surface area (Å²) in [5.41, 5.74) is 0.573. The van der Waals surface area contributed by atoms with Crippen LogP contribution < -0.4 is 5.32 Å². The lowest BCUT2D eigenvalue weighted by Gasteiger charge is -2.35. The van der Waals surface area contributed by atoms with Gasteiger partial charge in [0.2, 0.25) is 0 Å². The third-order valence-electron chi connectivity index (χ3n) is 5.28. The van der Waals surface area contributed by atoms with Crippen molar-refractivity contribution in [3.63, 3.8) is 0 Å². The summed E-state index contributed by atoms with van der Waals surface area (Å²) < 4.78 is 0. The van der Waals surface area contributed by atoms with Crippen molar-refractivity contribution in [2.45, 2.75) is 84.7 Å². The lowest BCUT2D eigenvalue weighted by molar-refractivity contribution is 0.143. The highest BCUT2D eigenvalue weighted by Gasteiger charge is 2.29. The first-order chi connectivity index (χ1) is 9.46. The monoisotopic (exact) mass is 280 g/mol. The van der Waals surface area contributed by atoms with Crippen LogP contribution in [-0.4, -0.2) is 36.6 Å². The van der Waals surface area contributed by atoms with Crippen LogP contribution in [0.4, 0.5) is 0 Å². The summed E-state index contributed by atoms with van der Waals surface area (Å²) in [5.74, 6) is 0.785. The fourth-order valence-electron chi connectivity index (χ4n) is 4.05. The van der Waals surface area contributed by atoms with Gasteiger partial charge in [0, 0.05) is 25.2 Å². The molecule has 2 unspecified atom stereocenters. The van der Waals surface area contributed by atoms with Crippen LogP contribution in [0.2, 0.25) is 0 Å². The van der Waals surface area contributed by atoms with Crippen molar-refractivity contribution >= 4 is 0 Å². The van der Waals surface area contributed by atoms with E-state index in [-0.39, 0.29) is 0 Å². The van der Waals surface area contributed by atoms with Crippen LogP contribution in [-0.2, 0) is 0 Å². The van der Waals surface area contributed by atoms with Crippen LogP contribution in [0.25, 0.3) is 0 Å². The standard InChI is InChI=1S/C18H36N2/c1-15(2)13-20(14-16-7-6-12-19-16)17-8-5-10-18(3,4)11-9-17/h15-17,19H,5-14H2,1-4H3. The van der Waals surface area contributed by atoms with Gasteiger partial charge in [-0.05, 0) is 56.4 Å². The van der Waals surface area contributed by atoms with Crippen molar-refractivity contribution < 1.29 is 0 Å². The molecule has 1 heterocycles. The first-order valence-electron chi connectivity index (χ1n) is 8.94. The van der Waals surface area contributed by atoms with E-state index in [1.54, 1.807) is 0 Å². The van der Waals surface area contributed by atoms with Crippen molar-refractivity contribution in [1.82, 2.24) is 10.2 Å². The quantitative estimate of drug-likeness (QED) is 0.764. The van der Waals surface area contributed by atoms with Gasteiger partial charge in [-0.3, -0.25) is 4.90 Å². The van der Waals surface area contributed by atoms with Gasteiger partial charge >= 0.3 is 0 Å². The topological polar surface area (TPSA) is 15.3 Å². The number of rotatable bonds is 5. The Labute approximate surface area is 126 Å². The lowest BCUT2D eigenvalue weighted by Crippen LogP contribution is -2.45. The molecule has 0 amide bonds. The third-order valence-corrected chi connectivity index (χ3v) is 5.28. The van der Waals surface area contributed by atoms with E-state index in [0.717, 1.165) is 18.0 Å². The Hall–Kier alpha value is -0.0800. The number of nitrogens with zero attached hydrogens (tertiary/aromatic N) is 1. The van der Waals surface area contributed by atoms with Crippen molar-refractivity contribution in [1.29, 1.82) is 0 Å². The molecular formula is C18H36N2. The summed E-state index contributed by atoms with van der Waals surface area (Å²) >= 11 is 0. The molecule has 1 aliphatic heterocycles. The average Bonchev–Trinajstić information content (AvgIpc) is 2.78. The second kappa shape index (κ2) is 7.26. The van der Waals surface area contributed by atoms with Gasteiger partial charge < -0.3 is 5.32 Å². The molecule has 2 heteroatoms. The zero-order valence-electron chi connectivity index (χ0n) is 14.3. The molecule has 0 aromatic rings. The van der Waals surface area contributed by atoms with Gasteiger partial charge in [-0.25, -0.2) is 0 Å². The molecule has 2 aliphatic rings. The molecule has 0 aromatic carbocycles.